The molecule has 1 amide bonds. The number of piperidine rings is 2. The van der Waals surface area contributed by atoms with Gasteiger partial charge in [0.25, 0.3) is 0 Å². The molecule has 2 rings (SSSR count). The molecule has 2 fully saturated rings. The van der Waals surface area contributed by atoms with Crippen LogP contribution in [0, 0.1) is 17.8 Å². The number of carbonyl (C=O) groups excluding carboxylic acids is 1. The third-order valence-corrected chi connectivity index (χ3v) is 4.97. The first-order valence-corrected chi connectivity index (χ1v) is 8.26. The molecule has 5 heteroatoms. The van der Waals surface area contributed by atoms with E-state index < -0.39 is 5.97 Å². The van der Waals surface area contributed by atoms with Crippen molar-refractivity contribution in [2.24, 2.45) is 17.8 Å². The quantitative estimate of drug-likeness (QED) is 0.810. The van der Waals surface area contributed by atoms with Gasteiger partial charge >= 0.3 is 5.97 Å². The molecule has 2 N–H and O–H groups in total. The molecule has 0 aromatic rings. The van der Waals surface area contributed by atoms with E-state index in [0.29, 0.717) is 18.3 Å². The summed E-state index contributed by atoms with van der Waals surface area (Å²) in [6.07, 6.45) is 5.21. The molecule has 0 aromatic carbocycles. The summed E-state index contributed by atoms with van der Waals surface area (Å²) in [4.78, 5) is 25.3. The van der Waals surface area contributed by atoms with Crippen LogP contribution in [0.4, 0.5) is 0 Å². The normalized spacial score (nSPS) is 28.1. The minimum absolute atomic E-state index is 0.148. The molecule has 0 bridgehead atoms. The average molecular weight is 296 g/mol. The van der Waals surface area contributed by atoms with Crippen LogP contribution in [0.15, 0.2) is 0 Å². The Morgan fingerprint density at radius 3 is 2.81 bits per heavy atom. The monoisotopic (exact) mass is 296 g/mol. The van der Waals surface area contributed by atoms with Gasteiger partial charge in [-0.15, -0.1) is 0 Å². The number of aliphatic carboxylic acids is 1. The van der Waals surface area contributed by atoms with Gasteiger partial charge in [-0.3, -0.25) is 9.59 Å². The molecule has 2 aliphatic rings. The summed E-state index contributed by atoms with van der Waals surface area (Å²) in [6, 6.07) is 0. The lowest BCUT2D eigenvalue weighted by Crippen LogP contribution is -2.43. The second kappa shape index (κ2) is 7.78. The molecule has 0 aromatic heterocycles. The van der Waals surface area contributed by atoms with E-state index >= 15 is 0 Å². The van der Waals surface area contributed by atoms with Crippen LogP contribution in [-0.2, 0) is 9.59 Å². The van der Waals surface area contributed by atoms with E-state index in [1.807, 2.05) is 11.8 Å². The number of nitrogens with zero attached hydrogens (tertiary/aromatic N) is 1. The number of likely N-dealkylation sites (tertiary alicyclic amines) is 1. The van der Waals surface area contributed by atoms with Crippen molar-refractivity contribution in [2.75, 3.05) is 26.2 Å². The minimum Gasteiger partial charge on any atom is -0.481 e. The standard InChI is InChI=1S/C16H28N2O3/c1-12(8-16(20)21)14-5-3-7-18(11-14)15(19)9-13-4-2-6-17-10-13/h12-14,17H,2-11H2,1H3,(H,20,21). The number of carbonyl (C=O) groups is 2. The molecule has 3 unspecified atom stereocenters. The second-order valence-corrected chi connectivity index (χ2v) is 6.73. The third kappa shape index (κ3) is 4.99. The van der Waals surface area contributed by atoms with Gasteiger partial charge in [0.1, 0.15) is 0 Å². The van der Waals surface area contributed by atoms with Gasteiger partial charge < -0.3 is 15.3 Å². The van der Waals surface area contributed by atoms with E-state index in [1.165, 1.54) is 0 Å². The van der Waals surface area contributed by atoms with Crippen LogP contribution in [0.5, 0.6) is 0 Å². The SMILES string of the molecule is CC(CC(=O)O)C1CCCN(C(=O)CC2CCCNC2)C1. The molecule has 2 aliphatic heterocycles. The molecule has 0 aliphatic carbocycles. The van der Waals surface area contributed by atoms with Crippen molar-refractivity contribution in [3.05, 3.63) is 0 Å². The molecular formula is C16H28N2O3. The molecule has 0 spiro atoms. The van der Waals surface area contributed by atoms with Crippen LogP contribution in [0.25, 0.3) is 0 Å². The third-order valence-electron chi connectivity index (χ3n) is 4.97. The number of carboxylic acids is 1. The number of hydrogen-bond acceptors (Lipinski definition) is 3. The van der Waals surface area contributed by atoms with Crippen molar-refractivity contribution in [3.63, 3.8) is 0 Å². The predicted octanol–water partition coefficient (Wildman–Crippen LogP) is 1.73. The fraction of sp³-hybridized carbons (Fsp3) is 0.875. The minimum atomic E-state index is -0.737. The highest BCUT2D eigenvalue weighted by Crippen LogP contribution is 2.27. The number of rotatable bonds is 5. The zero-order chi connectivity index (χ0) is 15.2. The Morgan fingerprint density at radius 2 is 2.14 bits per heavy atom. The first-order valence-electron chi connectivity index (χ1n) is 8.26. The van der Waals surface area contributed by atoms with Gasteiger partial charge in [-0.2, -0.15) is 0 Å². The van der Waals surface area contributed by atoms with Crippen molar-refractivity contribution in [1.82, 2.24) is 10.2 Å². The van der Waals surface area contributed by atoms with Crippen LogP contribution in [-0.4, -0.2) is 48.1 Å². The van der Waals surface area contributed by atoms with Crippen LogP contribution in [0.3, 0.4) is 0 Å². The fourth-order valence-electron chi connectivity index (χ4n) is 3.62. The number of carboxylic acid groups (broad SMARTS) is 1. The number of nitrogens with one attached hydrogen (secondary N) is 1. The zero-order valence-corrected chi connectivity index (χ0v) is 13.0. The summed E-state index contributed by atoms with van der Waals surface area (Å²) in [5, 5.41) is 12.3. The maximum atomic E-state index is 12.4. The molecule has 0 radical (unpaired) electrons. The summed E-state index contributed by atoms with van der Waals surface area (Å²) in [6.45, 7) is 5.61. The maximum absolute atomic E-state index is 12.4. The highest BCUT2D eigenvalue weighted by atomic mass is 16.4. The second-order valence-electron chi connectivity index (χ2n) is 6.73. The number of amides is 1. The van der Waals surface area contributed by atoms with Crippen molar-refractivity contribution >= 4 is 11.9 Å². The molecule has 5 nitrogen and oxygen atoms in total. The Morgan fingerprint density at radius 1 is 1.33 bits per heavy atom. The van der Waals surface area contributed by atoms with Crippen LogP contribution >= 0.6 is 0 Å². The molecule has 3 atom stereocenters. The lowest BCUT2D eigenvalue weighted by molar-refractivity contribution is -0.138. The van der Waals surface area contributed by atoms with Crippen LogP contribution in [0.2, 0.25) is 0 Å². The summed E-state index contributed by atoms with van der Waals surface area (Å²) >= 11 is 0. The molecule has 2 heterocycles. The van der Waals surface area contributed by atoms with E-state index in [1.54, 1.807) is 0 Å². The van der Waals surface area contributed by atoms with Crippen molar-refractivity contribution in [3.8, 4) is 0 Å². The largest absolute Gasteiger partial charge is 0.481 e. The van der Waals surface area contributed by atoms with E-state index in [4.69, 9.17) is 5.11 Å². The highest BCUT2D eigenvalue weighted by Gasteiger charge is 2.29. The maximum Gasteiger partial charge on any atom is 0.303 e. The Kier molecular flexibility index (Phi) is 6.03. The molecular weight excluding hydrogens is 268 g/mol. The lowest BCUT2D eigenvalue weighted by atomic mass is 9.84. The molecule has 2 saturated heterocycles. The van der Waals surface area contributed by atoms with E-state index in [9.17, 15) is 9.59 Å². The van der Waals surface area contributed by atoms with E-state index in [0.717, 1.165) is 51.9 Å². The zero-order valence-electron chi connectivity index (χ0n) is 13.0. The fourth-order valence-corrected chi connectivity index (χ4v) is 3.62. The highest BCUT2D eigenvalue weighted by molar-refractivity contribution is 5.76. The molecule has 120 valence electrons. The summed E-state index contributed by atoms with van der Waals surface area (Å²) < 4.78 is 0. The summed E-state index contributed by atoms with van der Waals surface area (Å²) in [5.41, 5.74) is 0. The topological polar surface area (TPSA) is 69.6 Å². The van der Waals surface area contributed by atoms with Gasteiger partial charge in [-0.05, 0) is 56.5 Å². The first kappa shape index (κ1) is 16.3. The van der Waals surface area contributed by atoms with Gasteiger partial charge in [-0.1, -0.05) is 6.92 Å². The van der Waals surface area contributed by atoms with E-state index in [2.05, 4.69) is 5.32 Å². The predicted molar refractivity (Wildman–Crippen MR) is 80.9 cm³/mol. The van der Waals surface area contributed by atoms with Crippen molar-refractivity contribution < 1.29 is 14.7 Å². The molecule has 21 heavy (non-hydrogen) atoms. The lowest BCUT2D eigenvalue weighted by Gasteiger charge is -2.36. The van der Waals surface area contributed by atoms with Crippen LogP contribution in [0.1, 0.15) is 45.4 Å². The van der Waals surface area contributed by atoms with Gasteiger partial charge in [-0.25, -0.2) is 0 Å². The van der Waals surface area contributed by atoms with Gasteiger partial charge in [0, 0.05) is 25.9 Å². The van der Waals surface area contributed by atoms with Gasteiger partial charge in [0.2, 0.25) is 5.91 Å². The van der Waals surface area contributed by atoms with Gasteiger partial charge in [0.05, 0.1) is 0 Å². The average Bonchev–Trinajstić information content (AvgIpc) is 2.47. The Balaban J connectivity index is 1.81. The summed E-state index contributed by atoms with van der Waals surface area (Å²) in [7, 11) is 0. The first-order chi connectivity index (χ1) is 10.1. The Labute approximate surface area is 127 Å². The van der Waals surface area contributed by atoms with Gasteiger partial charge in [0.15, 0.2) is 0 Å². The van der Waals surface area contributed by atoms with E-state index in [-0.39, 0.29) is 18.2 Å². The number of hydrogen-bond donors (Lipinski definition) is 2. The molecule has 0 saturated carbocycles. The van der Waals surface area contributed by atoms with Crippen LogP contribution < -0.4 is 5.32 Å². The smallest absolute Gasteiger partial charge is 0.303 e. The van der Waals surface area contributed by atoms with Crippen molar-refractivity contribution in [1.29, 1.82) is 0 Å². The summed E-state index contributed by atoms with van der Waals surface area (Å²) in [5.74, 6) is 0.482. The Hall–Kier alpha value is -1.10. The van der Waals surface area contributed by atoms with Crippen molar-refractivity contribution in [2.45, 2.75) is 45.4 Å². The Bertz CT molecular complexity index is 367.